The Kier molecular flexibility index (Phi) is 12.0. The van der Waals surface area contributed by atoms with E-state index in [1.54, 1.807) is 13.8 Å². The molecule has 1 aliphatic heterocycles. The molecule has 3 aromatic carbocycles. The number of aliphatic carboxylic acids is 1. The predicted molar refractivity (Wildman–Crippen MR) is 156 cm³/mol. The molecular formula is C30H32Na2O7P+. The third kappa shape index (κ3) is 6.73. The van der Waals surface area contributed by atoms with Crippen molar-refractivity contribution in [2.45, 2.75) is 31.6 Å². The fourth-order valence-electron chi connectivity index (χ4n) is 5.64. The van der Waals surface area contributed by atoms with Crippen LogP contribution in [0.15, 0.2) is 54.6 Å². The molecule has 0 saturated carbocycles. The Morgan fingerprint density at radius 2 is 1.68 bits per heavy atom. The van der Waals surface area contributed by atoms with Crippen LogP contribution in [-0.4, -0.2) is 104 Å². The van der Waals surface area contributed by atoms with E-state index < -0.39 is 31.5 Å². The predicted octanol–water partition coefficient (Wildman–Crippen LogP) is 5.43. The quantitative estimate of drug-likeness (QED) is 0.252. The summed E-state index contributed by atoms with van der Waals surface area (Å²) in [6.45, 7) is 4.49. The Labute approximate surface area is 280 Å². The van der Waals surface area contributed by atoms with Gasteiger partial charge in [0.1, 0.15) is 24.3 Å². The normalized spacial score (nSPS) is 18.7. The number of methoxy groups -OCH3 is 1. The number of fused-ring (bicyclic) bond motifs is 2. The number of aryl methyl sites for hydroxylation is 1. The summed E-state index contributed by atoms with van der Waals surface area (Å²) in [7, 11) is 0.257. The Morgan fingerprint density at radius 1 is 0.950 bits per heavy atom. The van der Waals surface area contributed by atoms with Crippen molar-refractivity contribution in [3.8, 4) is 23.0 Å². The minimum absolute atomic E-state index is 0. The molecule has 0 saturated heterocycles. The zero-order chi connectivity index (χ0) is 26.8. The first-order valence-corrected chi connectivity index (χ1v) is 14.7. The summed E-state index contributed by atoms with van der Waals surface area (Å²) in [4.78, 5) is 13.1. The smallest absolute Gasteiger partial charge is 0.335 e. The SMILES string of the molecule is CCCOc1ccc2c(c1)C(c1ccc(OC)cc1CC[P+](C)=O)C(C(=O)O)C2c1ccc2c(c1)OCO2.[Na].[Na]. The first-order chi connectivity index (χ1) is 18.4. The molecule has 40 heavy (non-hydrogen) atoms. The van der Waals surface area contributed by atoms with E-state index in [0.717, 1.165) is 40.0 Å². The van der Waals surface area contributed by atoms with Gasteiger partial charge in [0, 0.05) is 77.4 Å². The van der Waals surface area contributed by atoms with Crippen molar-refractivity contribution < 1.29 is 33.4 Å². The molecule has 10 heteroatoms. The Morgan fingerprint density at radius 3 is 2.38 bits per heavy atom. The molecule has 3 aromatic rings. The van der Waals surface area contributed by atoms with E-state index in [0.29, 0.717) is 36.4 Å². The molecule has 7 nitrogen and oxygen atoms in total. The van der Waals surface area contributed by atoms with Crippen LogP contribution in [0.1, 0.15) is 53.0 Å². The van der Waals surface area contributed by atoms with E-state index in [1.807, 2.05) is 54.6 Å². The van der Waals surface area contributed by atoms with Gasteiger partial charge >= 0.3 is 13.8 Å². The van der Waals surface area contributed by atoms with Crippen molar-refractivity contribution in [2.24, 2.45) is 5.92 Å². The second-order valence-corrected chi connectivity index (χ2v) is 11.4. The molecule has 0 aromatic heterocycles. The van der Waals surface area contributed by atoms with Gasteiger partial charge in [0.15, 0.2) is 11.5 Å². The molecule has 0 bridgehead atoms. The number of benzene rings is 3. The maximum atomic E-state index is 13.1. The van der Waals surface area contributed by atoms with E-state index in [-0.39, 0.29) is 65.9 Å². The van der Waals surface area contributed by atoms with Gasteiger partial charge in [0.05, 0.1) is 19.6 Å². The molecule has 0 amide bonds. The van der Waals surface area contributed by atoms with Crippen LogP contribution in [0.5, 0.6) is 23.0 Å². The average molecular weight is 582 g/mol. The average Bonchev–Trinajstić information content (AvgIpc) is 3.52. The zero-order valence-electron chi connectivity index (χ0n) is 23.8. The molecular weight excluding hydrogens is 549 g/mol. The minimum Gasteiger partial charge on any atom is -0.497 e. The van der Waals surface area contributed by atoms with Gasteiger partial charge in [-0.3, -0.25) is 4.79 Å². The largest absolute Gasteiger partial charge is 0.497 e. The van der Waals surface area contributed by atoms with Crippen molar-refractivity contribution in [3.05, 3.63) is 82.4 Å². The molecule has 2 radical (unpaired) electrons. The molecule has 1 heterocycles. The third-order valence-electron chi connectivity index (χ3n) is 7.34. The summed E-state index contributed by atoms with van der Waals surface area (Å²) in [6, 6.07) is 17.4. The topological polar surface area (TPSA) is 91.3 Å². The van der Waals surface area contributed by atoms with Crippen molar-refractivity contribution in [1.82, 2.24) is 0 Å². The Balaban J connectivity index is 0.00000220. The van der Waals surface area contributed by atoms with Gasteiger partial charge in [-0.1, -0.05) is 29.7 Å². The van der Waals surface area contributed by atoms with E-state index in [1.165, 1.54) is 0 Å². The third-order valence-corrected chi connectivity index (χ3v) is 8.19. The number of rotatable bonds is 10. The molecule has 5 rings (SSSR count). The molecule has 0 spiro atoms. The number of hydrogen-bond donors (Lipinski definition) is 1. The van der Waals surface area contributed by atoms with Gasteiger partial charge in [0.2, 0.25) is 6.79 Å². The fraction of sp³-hybridized carbons (Fsp3) is 0.367. The second kappa shape index (κ2) is 14.6. The summed E-state index contributed by atoms with van der Waals surface area (Å²) in [5.41, 5.74) is 4.60. The molecule has 4 unspecified atom stereocenters. The molecule has 200 valence electrons. The van der Waals surface area contributed by atoms with Crippen LogP contribution in [0, 0.1) is 5.92 Å². The van der Waals surface area contributed by atoms with Crippen LogP contribution in [0.25, 0.3) is 0 Å². The first-order valence-electron chi connectivity index (χ1n) is 12.8. The monoisotopic (exact) mass is 581 g/mol. The summed E-state index contributed by atoms with van der Waals surface area (Å²) in [6.07, 6.45) is 1.95. The van der Waals surface area contributed by atoms with Crippen molar-refractivity contribution >= 4 is 72.9 Å². The number of carboxylic acids is 1. The van der Waals surface area contributed by atoms with Crippen molar-refractivity contribution in [3.63, 3.8) is 0 Å². The maximum absolute atomic E-state index is 13.1. The summed E-state index contributed by atoms with van der Waals surface area (Å²) >= 11 is 0. The van der Waals surface area contributed by atoms with Gasteiger partial charge < -0.3 is 24.1 Å². The molecule has 1 aliphatic carbocycles. The Bertz CT molecular complexity index is 1380. The number of hydrogen-bond acceptors (Lipinski definition) is 6. The van der Waals surface area contributed by atoms with Crippen LogP contribution in [0.4, 0.5) is 0 Å². The van der Waals surface area contributed by atoms with Crippen molar-refractivity contribution in [1.29, 1.82) is 0 Å². The maximum Gasteiger partial charge on any atom is 0.335 e. The van der Waals surface area contributed by atoms with Crippen LogP contribution >= 0.6 is 7.80 Å². The number of carboxylic acid groups (broad SMARTS) is 1. The first kappa shape index (κ1) is 32.9. The van der Waals surface area contributed by atoms with E-state index in [2.05, 4.69) is 6.92 Å². The van der Waals surface area contributed by atoms with Crippen LogP contribution in [0.3, 0.4) is 0 Å². The summed E-state index contributed by atoms with van der Waals surface area (Å²) in [5, 5.41) is 10.7. The number of ether oxygens (including phenoxy) is 4. The molecule has 2 aliphatic rings. The molecule has 4 atom stereocenters. The summed E-state index contributed by atoms with van der Waals surface area (Å²) < 4.78 is 34.6. The zero-order valence-corrected chi connectivity index (χ0v) is 28.7. The van der Waals surface area contributed by atoms with Crippen LogP contribution < -0.4 is 18.9 Å². The minimum atomic E-state index is -1.35. The van der Waals surface area contributed by atoms with E-state index >= 15 is 0 Å². The second-order valence-electron chi connectivity index (χ2n) is 9.74. The van der Waals surface area contributed by atoms with Gasteiger partial charge in [-0.25, -0.2) is 0 Å². The van der Waals surface area contributed by atoms with Gasteiger partial charge in [-0.2, -0.15) is 0 Å². The fourth-order valence-corrected chi connectivity index (χ4v) is 6.20. The van der Waals surface area contributed by atoms with Crippen LogP contribution in [0.2, 0.25) is 0 Å². The number of carbonyl (C=O) groups is 1. The van der Waals surface area contributed by atoms with Gasteiger partial charge in [-0.15, -0.1) is 0 Å². The van der Waals surface area contributed by atoms with E-state index in [9.17, 15) is 14.5 Å². The van der Waals surface area contributed by atoms with E-state index in [4.69, 9.17) is 18.9 Å². The molecule has 1 N–H and O–H groups in total. The van der Waals surface area contributed by atoms with Crippen molar-refractivity contribution in [2.75, 3.05) is 33.3 Å². The standard InChI is InChI=1S/C30H31O7P.2Na/c1-4-12-35-21-7-9-23-24(16-21)28(22-8-6-20(34-2)14-18(22)11-13-38(3)33)29(30(31)32)27(23)19-5-10-25-26(15-19)37-17-36-25;;/h5-10,14-16,27-29H,4,11-13,17H2,1-3H3;;/p+1. The molecule has 0 fully saturated rings. The summed E-state index contributed by atoms with van der Waals surface area (Å²) in [5.74, 6) is 0.202. The Hall–Kier alpha value is -1.57. The van der Waals surface area contributed by atoms with Gasteiger partial charge in [0.25, 0.3) is 0 Å². The van der Waals surface area contributed by atoms with Gasteiger partial charge in [-0.05, 0) is 70.6 Å². The van der Waals surface area contributed by atoms with Crippen LogP contribution in [-0.2, 0) is 15.8 Å².